The molecule has 1 aliphatic carbocycles. The Morgan fingerprint density at radius 1 is 0.875 bits per heavy atom. The van der Waals surface area contributed by atoms with Gasteiger partial charge in [0.15, 0.2) is 5.11 Å². The lowest BCUT2D eigenvalue weighted by Crippen LogP contribution is -2.42. The van der Waals surface area contributed by atoms with Crippen molar-refractivity contribution in [2.45, 2.75) is 43.9 Å². The van der Waals surface area contributed by atoms with Gasteiger partial charge in [0.2, 0.25) is 0 Å². The van der Waals surface area contributed by atoms with Crippen LogP contribution in [0.5, 0.6) is 0 Å². The third-order valence-corrected chi connectivity index (χ3v) is 7.75. The van der Waals surface area contributed by atoms with Gasteiger partial charge >= 0.3 is 0 Å². The Kier molecular flexibility index (Phi) is 6.42. The van der Waals surface area contributed by atoms with Crippen LogP contribution >= 0.6 is 12.2 Å². The number of nitrogens with one attached hydrogen (secondary N) is 2. The Bertz CT molecular complexity index is 1080. The molecular formula is C28H33N3S. The highest BCUT2D eigenvalue weighted by Crippen LogP contribution is 2.46. The summed E-state index contributed by atoms with van der Waals surface area (Å²) in [6.07, 6.45) is 7.62. The van der Waals surface area contributed by atoms with Crippen molar-refractivity contribution in [3.63, 3.8) is 0 Å². The molecule has 0 bridgehead atoms. The van der Waals surface area contributed by atoms with E-state index in [0.29, 0.717) is 10.5 Å². The van der Waals surface area contributed by atoms with Crippen molar-refractivity contribution in [1.29, 1.82) is 0 Å². The van der Waals surface area contributed by atoms with Crippen molar-refractivity contribution in [1.82, 2.24) is 10.2 Å². The van der Waals surface area contributed by atoms with E-state index < -0.39 is 0 Å². The lowest BCUT2D eigenvalue weighted by Gasteiger charge is -2.40. The van der Waals surface area contributed by atoms with Crippen LogP contribution in [0.3, 0.4) is 0 Å². The smallest absolute Gasteiger partial charge is 0.170 e. The monoisotopic (exact) mass is 443 g/mol. The van der Waals surface area contributed by atoms with Gasteiger partial charge in [0, 0.05) is 17.6 Å². The van der Waals surface area contributed by atoms with Crippen LogP contribution in [0, 0.1) is 0 Å². The second kappa shape index (κ2) is 9.60. The number of thiocarbonyl (C=S) groups is 1. The zero-order chi connectivity index (χ0) is 21.8. The van der Waals surface area contributed by atoms with Crippen molar-refractivity contribution in [2.24, 2.45) is 0 Å². The molecule has 0 saturated carbocycles. The van der Waals surface area contributed by atoms with Crippen LogP contribution in [-0.2, 0) is 11.8 Å². The van der Waals surface area contributed by atoms with Crippen LogP contribution in [0.4, 0.5) is 5.69 Å². The number of hydrogen-bond acceptors (Lipinski definition) is 2. The number of likely N-dealkylation sites (tertiary alicyclic amines) is 1. The van der Waals surface area contributed by atoms with E-state index in [4.69, 9.17) is 12.2 Å². The minimum Gasteiger partial charge on any atom is -0.362 e. The number of rotatable bonds is 6. The maximum atomic E-state index is 5.53. The molecule has 3 aromatic rings. The highest BCUT2D eigenvalue weighted by Gasteiger charge is 2.40. The lowest BCUT2D eigenvalue weighted by atomic mass is 9.74. The maximum absolute atomic E-state index is 5.53. The van der Waals surface area contributed by atoms with Gasteiger partial charge in [-0.2, -0.15) is 0 Å². The van der Waals surface area contributed by atoms with E-state index in [1.54, 1.807) is 11.1 Å². The van der Waals surface area contributed by atoms with E-state index >= 15 is 0 Å². The Balaban J connectivity index is 1.02. The number of benzene rings is 3. The molecule has 32 heavy (non-hydrogen) atoms. The maximum Gasteiger partial charge on any atom is 0.170 e. The summed E-state index contributed by atoms with van der Waals surface area (Å²) in [4.78, 5) is 2.67. The molecule has 0 radical (unpaired) electrons. The van der Waals surface area contributed by atoms with Crippen molar-refractivity contribution in [3.05, 3.63) is 77.9 Å². The van der Waals surface area contributed by atoms with E-state index in [1.807, 2.05) is 0 Å². The molecular weight excluding hydrogens is 410 g/mol. The minimum absolute atomic E-state index is 0.466. The molecule has 0 unspecified atom stereocenters. The predicted molar refractivity (Wildman–Crippen MR) is 140 cm³/mol. The summed E-state index contributed by atoms with van der Waals surface area (Å²) in [7, 11) is 0. The largest absolute Gasteiger partial charge is 0.362 e. The Labute approximate surface area is 197 Å². The highest BCUT2D eigenvalue weighted by atomic mass is 32.1. The first kappa shape index (κ1) is 21.4. The summed E-state index contributed by atoms with van der Waals surface area (Å²) in [6, 6.07) is 23.8. The molecule has 1 saturated heterocycles. The molecule has 166 valence electrons. The Hall–Kier alpha value is -2.43. The summed E-state index contributed by atoms with van der Waals surface area (Å²) < 4.78 is 0. The first-order chi connectivity index (χ1) is 15.7. The molecule has 0 atom stereocenters. The van der Waals surface area contributed by atoms with Crippen LogP contribution < -0.4 is 10.6 Å². The second-order valence-electron chi connectivity index (χ2n) is 9.39. The minimum atomic E-state index is 0.466. The van der Waals surface area contributed by atoms with Crippen molar-refractivity contribution in [2.75, 3.05) is 31.5 Å². The van der Waals surface area contributed by atoms with Crippen LogP contribution in [0.25, 0.3) is 10.8 Å². The molecule has 1 heterocycles. The summed E-state index contributed by atoms with van der Waals surface area (Å²) in [5.41, 5.74) is 4.78. The number of hydrogen-bond donors (Lipinski definition) is 2. The molecule has 1 aliphatic heterocycles. The number of anilines is 1. The fraction of sp³-hybridized carbons (Fsp3) is 0.393. The number of nitrogens with zero attached hydrogens (tertiary/aromatic N) is 1. The first-order valence-electron chi connectivity index (χ1n) is 12.1. The van der Waals surface area contributed by atoms with Crippen LogP contribution in [0.1, 0.15) is 43.2 Å². The fourth-order valence-electron chi connectivity index (χ4n) is 5.65. The van der Waals surface area contributed by atoms with Crippen LogP contribution in [-0.4, -0.2) is 36.2 Å². The first-order valence-corrected chi connectivity index (χ1v) is 12.5. The number of unbranched alkanes of at least 4 members (excludes halogenated alkanes) is 1. The zero-order valence-electron chi connectivity index (χ0n) is 18.8. The van der Waals surface area contributed by atoms with E-state index in [9.17, 15) is 0 Å². The van der Waals surface area contributed by atoms with E-state index in [0.717, 1.165) is 18.7 Å². The SMILES string of the molecule is S=C(NCCCCN1CCC2(CCc3ccccc32)CC1)Nc1cccc2ccccc12. The van der Waals surface area contributed by atoms with Crippen LogP contribution in [0.2, 0.25) is 0 Å². The molecule has 1 spiro atoms. The quantitative estimate of drug-likeness (QED) is 0.367. The third-order valence-electron chi connectivity index (χ3n) is 7.50. The van der Waals surface area contributed by atoms with Gasteiger partial charge in [-0.15, -0.1) is 0 Å². The Morgan fingerprint density at radius 2 is 1.66 bits per heavy atom. The average Bonchev–Trinajstić information content (AvgIpc) is 3.19. The number of piperidine rings is 1. The van der Waals surface area contributed by atoms with E-state index in [1.165, 1.54) is 62.5 Å². The topological polar surface area (TPSA) is 27.3 Å². The third kappa shape index (κ3) is 4.53. The standard InChI is InChI=1S/C28H33N3S/c32-27(30-26-13-7-10-22-8-1-3-11-24(22)26)29-18-5-6-19-31-20-16-28(17-21-31)15-14-23-9-2-4-12-25(23)28/h1-4,7-13H,5-6,14-21H2,(H2,29,30,32). The molecule has 0 amide bonds. The molecule has 3 nitrogen and oxygen atoms in total. The van der Waals surface area contributed by atoms with Gasteiger partial charge in [-0.05, 0) is 98.4 Å². The molecule has 1 fully saturated rings. The summed E-state index contributed by atoms with van der Waals surface area (Å²) in [5, 5.41) is 9.89. The van der Waals surface area contributed by atoms with Crippen molar-refractivity contribution < 1.29 is 0 Å². The molecule has 4 heteroatoms. The highest BCUT2D eigenvalue weighted by molar-refractivity contribution is 7.80. The van der Waals surface area contributed by atoms with E-state index in [2.05, 4.69) is 82.3 Å². The lowest BCUT2D eigenvalue weighted by molar-refractivity contribution is 0.156. The van der Waals surface area contributed by atoms with Gasteiger partial charge in [0.1, 0.15) is 0 Å². The van der Waals surface area contributed by atoms with Gasteiger partial charge in [-0.1, -0.05) is 60.7 Å². The molecule has 2 aliphatic rings. The molecule has 3 aromatic carbocycles. The summed E-state index contributed by atoms with van der Waals surface area (Å²) >= 11 is 5.53. The van der Waals surface area contributed by atoms with Crippen LogP contribution in [0.15, 0.2) is 66.7 Å². The van der Waals surface area contributed by atoms with E-state index in [-0.39, 0.29) is 0 Å². The van der Waals surface area contributed by atoms with Gasteiger partial charge in [-0.3, -0.25) is 0 Å². The van der Waals surface area contributed by atoms with Crippen molar-refractivity contribution in [3.8, 4) is 0 Å². The average molecular weight is 444 g/mol. The summed E-state index contributed by atoms with van der Waals surface area (Å²) in [6.45, 7) is 4.59. The van der Waals surface area contributed by atoms with Gasteiger partial charge < -0.3 is 15.5 Å². The van der Waals surface area contributed by atoms with Crippen molar-refractivity contribution >= 4 is 33.8 Å². The molecule has 5 rings (SSSR count). The number of aryl methyl sites for hydroxylation is 1. The summed E-state index contributed by atoms with van der Waals surface area (Å²) in [5.74, 6) is 0. The second-order valence-corrected chi connectivity index (χ2v) is 9.80. The fourth-order valence-corrected chi connectivity index (χ4v) is 5.86. The zero-order valence-corrected chi connectivity index (χ0v) is 19.6. The predicted octanol–water partition coefficient (Wildman–Crippen LogP) is 5.89. The number of fused-ring (bicyclic) bond motifs is 3. The Morgan fingerprint density at radius 3 is 2.56 bits per heavy atom. The molecule has 2 N–H and O–H groups in total. The molecule has 0 aromatic heterocycles. The van der Waals surface area contributed by atoms with Gasteiger partial charge in [0.25, 0.3) is 0 Å². The van der Waals surface area contributed by atoms with Gasteiger partial charge in [0.05, 0.1) is 0 Å². The normalized spacial score (nSPS) is 17.4. The van der Waals surface area contributed by atoms with Gasteiger partial charge in [-0.25, -0.2) is 0 Å².